The first-order chi connectivity index (χ1) is 10.4. The fourth-order valence-electron chi connectivity index (χ4n) is 3.08. The molecule has 1 N–H and O–H groups in total. The molecule has 0 amide bonds. The van der Waals surface area contributed by atoms with Crippen molar-refractivity contribution in [1.82, 2.24) is 0 Å². The summed E-state index contributed by atoms with van der Waals surface area (Å²) in [4.78, 5) is 0. The number of hydrogen-bond donors (Lipinski definition) is 1. The average molecular weight is 271 g/mol. The van der Waals surface area contributed by atoms with Crippen molar-refractivity contribution in [3.8, 4) is 0 Å². The summed E-state index contributed by atoms with van der Waals surface area (Å²) in [6.07, 6.45) is 6.81. The van der Waals surface area contributed by atoms with Crippen LogP contribution in [0.1, 0.15) is 17.5 Å². The minimum absolute atomic E-state index is 1.13. The van der Waals surface area contributed by atoms with Crippen LogP contribution in [0.15, 0.2) is 66.7 Å². The summed E-state index contributed by atoms with van der Waals surface area (Å²) in [5.74, 6) is 0. The van der Waals surface area contributed by atoms with E-state index in [-0.39, 0.29) is 0 Å². The van der Waals surface area contributed by atoms with E-state index < -0.39 is 0 Å². The van der Waals surface area contributed by atoms with Crippen LogP contribution < -0.4 is 5.32 Å². The Balaban J connectivity index is 1.91. The van der Waals surface area contributed by atoms with Crippen LogP contribution in [0.25, 0.3) is 16.8 Å². The number of hydrogen-bond acceptors (Lipinski definition) is 1. The van der Waals surface area contributed by atoms with Gasteiger partial charge in [0.25, 0.3) is 0 Å². The Bertz CT molecular complexity index is 816. The van der Waals surface area contributed by atoms with Crippen LogP contribution in [0.2, 0.25) is 0 Å². The number of para-hydroxylation sites is 1. The molecule has 102 valence electrons. The Hall–Kier alpha value is -2.54. The van der Waals surface area contributed by atoms with Gasteiger partial charge in [0.15, 0.2) is 0 Å². The lowest BCUT2D eigenvalue weighted by Gasteiger charge is -2.18. The zero-order valence-corrected chi connectivity index (χ0v) is 11.8. The molecule has 4 rings (SSSR count). The lowest BCUT2D eigenvalue weighted by Crippen LogP contribution is -1.99. The van der Waals surface area contributed by atoms with Gasteiger partial charge in [-0.15, -0.1) is 0 Å². The number of aryl methyl sites for hydroxylation is 1. The Labute approximate surface area is 124 Å². The Kier molecular flexibility index (Phi) is 2.97. The van der Waals surface area contributed by atoms with Crippen molar-refractivity contribution in [2.45, 2.75) is 12.8 Å². The average Bonchev–Trinajstić information content (AvgIpc) is 2.56. The van der Waals surface area contributed by atoms with Crippen LogP contribution in [0.5, 0.6) is 0 Å². The smallest absolute Gasteiger partial charge is 0.0467 e. The molecular weight excluding hydrogens is 254 g/mol. The highest BCUT2D eigenvalue weighted by molar-refractivity contribution is 6.01. The van der Waals surface area contributed by atoms with E-state index >= 15 is 0 Å². The molecule has 0 saturated heterocycles. The number of allylic oxidation sites excluding steroid dienone is 1. The molecule has 1 heteroatoms. The monoisotopic (exact) mass is 271 g/mol. The molecule has 0 aromatic heterocycles. The van der Waals surface area contributed by atoms with E-state index in [2.05, 4.69) is 72.1 Å². The van der Waals surface area contributed by atoms with Crippen molar-refractivity contribution in [2.75, 3.05) is 5.32 Å². The molecule has 1 aliphatic rings. The van der Waals surface area contributed by atoms with Crippen molar-refractivity contribution in [3.63, 3.8) is 0 Å². The summed E-state index contributed by atoms with van der Waals surface area (Å²) >= 11 is 0. The van der Waals surface area contributed by atoms with E-state index in [0.29, 0.717) is 0 Å². The Morgan fingerprint density at radius 1 is 0.810 bits per heavy atom. The normalized spacial score (nSPS) is 13.1. The molecule has 0 unspecified atom stereocenters. The minimum Gasteiger partial charge on any atom is -0.355 e. The number of nitrogens with one attached hydrogen (secondary N) is 1. The van der Waals surface area contributed by atoms with Gasteiger partial charge in [0.05, 0.1) is 0 Å². The second-order valence-corrected chi connectivity index (χ2v) is 5.47. The third-order valence-electron chi connectivity index (χ3n) is 4.09. The highest BCUT2D eigenvalue weighted by Crippen LogP contribution is 2.34. The van der Waals surface area contributed by atoms with Crippen molar-refractivity contribution >= 4 is 28.2 Å². The van der Waals surface area contributed by atoms with Gasteiger partial charge in [-0.05, 0) is 47.6 Å². The van der Waals surface area contributed by atoms with Crippen LogP contribution in [-0.4, -0.2) is 0 Å². The van der Waals surface area contributed by atoms with Gasteiger partial charge in [-0.3, -0.25) is 0 Å². The third kappa shape index (κ3) is 2.21. The second-order valence-electron chi connectivity index (χ2n) is 5.47. The zero-order chi connectivity index (χ0) is 14.1. The molecule has 3 aromatic carbocycles. The molecule has 0 atom stereocenters. The lowest BCUT2D eigenvalue weighted by atomic mass is 9.91. The maximum atomic E-state index is 3.57. The highest BCUT2D eigenvalue weighted by atomic mass is 14.9. The van der Waals surface area contributed by atoms with E-state index in [4.69, 9.17) is 0 Å². The Morgan fingerprint density at radius 2 is 1.57 bits per heavy atom. The van der Waals surface area contributed by atoms with Gasteiger partial charge in [-0.2, -0.15) is 0 Å². The first kappa shape index (κ1) is 12.2. The van der Waals surface area contributed by atoms with Crippen LogP contribution in [0.3, 0.4) is 0 Å². The first-order valence-corrected chi connectivity index (χ1v) is 7.45. The maximum absolute atomic E-state index is 3.57. The number of benzene rings is 3. The molecular formula is C20H17N. The molecule has 21 heavy (non-hydrogen) atoms. The summed E-state index contributed by atoms with van der Waals surface area (Å²) in [7, 11) is 0. The fraction of sp³-hybridized carbons (Fsp3) is 0.100. The van der Waals surface area contributed by atoms with E-state index in [0.717, 1.165) is 18.5 Å². The summed E-state index contributed by atoms with van der Waals surface area (Å²) in [6, 6.07) is 21.3. The van der Waals surface area contributed by atoms with E-state index in [1.165, 1.54) is 27.6 Å². The number of fused-ring (bicyclic) bond motifs is 3. The highest BCUT2D eigenvalue weighted by Gasteiger charge is 2.12. The van der Waals surface area contributed by atoms with Crippen LogP contribution in [0.4, 0.5) is 11.4 Å². The third-order valence-corrected chi connectivity index (χ3v) is 4.09. The quantitative estimate of drug-likeness (QED) is 0.645. The van der Waals surface area contributed by atoms with Crippen LogP contribution in [0, 0.1) is 0 Å². The summed E-state index contributed by atoms with van der Waals surface area (Å²) < 4.78 is 0. The SMILES string of the molecule is C1=Cc2c(cc(Nc3ccccc3)c3ccccc23)CC1. The molecule has 0 heterocycles. The second kappa shape index (κ2) is 5.10. The predicted octanol–water partition coefficient (Wildman–Crippen LogP) is 5.54. The molecule has 1 aliphatic carbocycles. The molecule has 0 aliphatic heterocycles. The minimum atomic E-state index is 1.13. The lowest BCUT2D eigenvalue weighted by molar-refractivity contribution is 0.990. The topological polar surface area (TPSA) is 12.0 Å². The summed E-state index contributed by atoms with van der Waals surface area (Å²) in [5, 5.41) is 6.19. The van der Waals surface area contributed by atoms with Gasteiger partial charge in [0, 0.05) is 16.8 Å². The Morgan fingerprint density at radius 3 is 2.43 bits per heavy atom. The molecule has 1 nitrogen and oxygen atoms in total. The molecule has 0 radical (unpaired) electrons. The largest absolute Gasteiger partial charge is 0.355 e. The van der Waals surface area contributed by atoms with Crippen molar-refractivity contribution < 1.29 is 0 Å². The van der Waals surface area contributed by atoms with Crippen molar-refractivity contribution in [2.24, 2.45) is 0 Å². The fourth-order valence-corrected chi connectivity index (χ4v) is 3.08. The maximum Gasteiger partial charge on any atom is 0.0467 e. The number of anilines is 2. The molecule has 3 aromatic rings. The molecule has 0 bridgehead atoms. The van der Waals surface area contributed by atoms with Crippen molar-refractivity contribution in [3.05, 3.63) is 77.9 Å². The standard InChI is InChI=1S/C20H17N/c1-2-9-16(10-3-1)21-20-14-15-8-4-5-11-17(15)18-12-6-7-13-19(18)20/h1-3,5-7,9-14,21H,4,8H2. The van der Waals surface area contributed by atoms with Crippen LogP contribution in [-0.2, 0) is 6.42 Å². The van der Waals surface area contributed by atoms with Gasteiger partial charge in [-0.25, -0.2) is 0 Å². The van der Waals surface area contributed by atoms with Crippen molar-refractivity contribution in [1.29, 1.82) is 0 Å². The molecule has 0 fully saturated rings. The summed E-state index contributed by atoms with van der Waals surface area (Å²) in [6.45, 7) is 0. The van der Waals surface area contributed by atoms with E-state index in [1.54, 1.807) is 0 Å². The molecule has 0 spiro atoms. The van der Waals surface area contributed by atoms with Gasteiger partial charge >= 0.3 is 0 Å². The van der Waals surface area contributed by atoms with E-state index in [9.17, 15) is 0 Å². The van der Waals surface area contributed by atoms with Crippen LogP contribution >= 0.6 is 0 Å². The number of rotatable bonds is 2. The first-order valence-electron chi connectivity index (χ1n) is 7.45. The van der Waals surface area contributed by atoms with Gasteiger partial charge in [-0.1, -0.05) is 54.6 Å². The molecule has 0 saturated carbocycles. The predicted molar refractivity (Wildman–Crippen MR) is 91.0 cm³/mol. The van der Waals surface area contributed by atoms with Gasteiger partial charge in [0.1, 0.15) is 0 Å². The van der Waals surface area contributed by atoms with Gasteiger partial charge < -0.3 is 5.32 Å². The van der Waals surface area contributed by atoms with E-state index in [1.807, 2.05) is 6.07 Å². The van der Waals surface area contributed by atoms with Gasteiger partial charge in [0.2, 0.25) is 0 Å². The zero-order valence-electron chi connectivity index (χ0n) is 11.8. The summed E-state index contributed by atoms with van der Waals surface area (Å²) in [5.41, 5.74) is 5.16.